The van der Waals surface area contributed by atoms with E-state index in [1.807, 2.05) is 12.1 Å². The highest BCUT2D eigenvalue weighted by Gasteiger charge is 2.20. The quantitative estimate of drug-likeness (QED) is 0.164. The summed E-state index contributed by atoms with van der Waals surface area (Å²) in [6, 6.07) is 71.0. The van der Waals surface area contributed by atoms with Crippen LogP contribution in [-0.2, 0) is 0 Å². The van der Waals surface area contributed by atoms with Gasteiger partial charge in [0.25, 0.3) is 0 Å². The van der Waals surface area contributed by atoms with Crippen LogP contribution in [0.4, 0.5) is 17.1 Å². The van der Waals surface area contributed by atoms with Gasteiger partial charge in [0, 0.05) is 33.5 Å². The first-order valence-corrected chi connectivity index (χ1v) is 18.0. The number of hydrogen-bond acceptors (Lipinski definition) is 3. The third-order valence-electron chi connectivity index (χ3n) is 10.2. The van der Waals surface area contributed by atoms with Crippen molar-refractivity contribution in [2.45, 2.75) is 0 Å². The molecule has 0 aliphatic carbocycles. The van der Waals surface area contributed by atoms with Crippen LogP contribution in [-0.4, -0.2) is 9.97 Å². The van der Waals surface area contributed by atoms with Crippen molar-refractivity contribution in [1.29, 1.82) is 0 Å². The van der Waals surface area contributed by atoms with Crippen molar-refractivity contribution in [3.8, 4) is 33.6 Å². The Kier molecular flexibility index (Phi) is 7.47. The van der Waals surface area contributed by atoms with Crippen LogP contribution < -0.4 is 4.90 Å². The van der Waals surface area contributed by atoms with Gasteiger partial charge in [-0.3, -0.25) is 0 Å². The number of anilines is 3. The molecule has 53 heavy (non-hydrogen) atoms. The van der Waals surface area contributed by atoms with Gasteiger partial charge in [-0.25, -0.2) is 9.97 Å². The number of benzene rings is 9. The second-order valence-corrected chi connectivity index (χ2v) is 13.4. The molecule has 248 valence electrons. The Morgan fingerprint density at radius 2 is 0.887 bits per heavy atom. The first-order chi connectivity index (χ1) is 26.3. The molecule has 0 saturated heterocycles. The fourth-order valence-corrected chi connectivity index (χ4v) is 7.65. The minimum atomic E-state index is 0.870. The highest BCUT2D eigenvalue weighted by Crippen LogP contribution is 2.44. The Labute approximate surface area is 308 Å². The van der Waals surface area contributed by atoms with E-state index < -0.39 is 0 Å². The maximum Gasteiger partial charge on any atom is 0.0979 e. The average Bonchev–Trinajstić information content (AvgIpc) is 3.24. The molecular formula is C50H33N3. The van der Waals surface area contributed by atoms with Crippen molar-refractivity contribution < 1.29 is 0 Å². The van der Waals surface area contributed by atoms with Crippen molar-refractivity contribution >= 4 is 60.4 Å². The Bertz CT molecular complexity index is 2940. The predicted octanol–water partition coefficient (Wildman–Crippen LogP) is 13.6. The van der Waals surface area contributed by atoms with E-state index in [-0.39, 0.29) is 0 Å². The molecule has 0 aliphatic rings. The standard InChI is InChI=1S/C50H33N3/c1-4-15-35(16-5-1)43-22-12-13-23-46(43)53(41-29-26-34-14-10-11-21-40(34)32-41)42-30-27-36-24-25-37-28-31-45-50(47(37)44(36)33-42)52-49(39-19-8-3-9-20-39)48(51-45)38-17-6-2-7-18-38/h1-33H. The van der Waals surface area contributed by atoms with Gasteiger partial charge in [0.1, 0.15) is 0 Å². The van der Waals surface area contributed by atoms with E-state index in [4.69, 9.17) is 9.97 Å². The molecule has 1 aromatic heterocycles. The van der Waals surface area contributed by atoms with Crippen LogP contribution in [0.25, 0.3) is 77.0 Å². The van der Waals surface area contributed by atoms with E-state index in [9.17, 15) is 0 Å². The van der Waals surface area contributed by atoms with Crippen LogP contribution in [0.2, 0.25) is 0 Å². The molecule has 0 radical (unpaired) electrons. The minimum absolute atomic E-state index is 0.870. The summed E-state index contributed by atoms with van der Waals surface area (Å²) in [4.78, 5) is 13.2. The maximum absolute atomic E-state index is 5.50. The van der Waals surface area contributed by atoms with Crippen LogP contribution >= 0.6 is 0 Å². The van der Waals surface area contributed by atoms with Gasteiger partial charge in [0.15, 0.2) is 0 Å². The second-order valence-electron chi connectivity index (χ2n) is 13.4. The summed E-state index contributed by atoms with van der Waals surface area (Å²) < 4.78 is 0. The maximum atomic E-state index is 5.50. The van der Waals surface area contributed by atoms with Crippen LogP contribution in [0.15, 0.2) is 200 Å². The molecule has 10 rings (SSSR count). The van der Waals surface area contributed by atoms with Crippen molar-refractivity contribution in [3.63, 3.8) is 0 Å². The van der Waals surface area contributed by atoms with Crippen molar-refractivity contribution in [3.05, 3.63) is 200 Å². The van der Waals surface area contributed by atoms with Gasteiger partial charge in [-0.05, 0) is 68.9 Å². The Balaban J connectivity index is 1.25. The molecule has 1 heterocycles. The SMILES string of the molecule is c1ccc(-c2ccccc2N(c2ccc3ccccc3c2)c2ccc3ccc4ccc5nc(-c6ccccc6)c(-c6ccccc6)nc5c4c3c2)cc1. The van der Waals surface area contributed by atoms with Gasteiger partial charge in [-0.15, -0.1) is 0 Å². The first kappa shape index (κ1) is 30.7. The molecule has 0 unspecified atom stereocenters. The number of nitrogens with zero attached hydrogens (tertiary/aromatic N) is 3. The van der Waals surface area contributed by atoms with E-state index >= 15 is 0 Å². The summed E-state index contributed by atoms with van der Waals surface area (Å²) in [5, 5.41) is 6.92. The van der Waals surface area contributed by atoms with Gasteiger partial charge < -0.3 is 4.90 Å². The van der Waals surface area contributed by atoms with E-state index in [2.05, 4.69) is 193 Å². The van der Waals surface area contributed by atoms with E-state index in [0.29, 0.717) is 0 Å². The predicted molar refractivity (Wildman–Crippen MR) is 223 cm³/mol. The lowest BCUT2D eigenvalue weighted by atomic mass is 9.97. The monoisotopic (exact) mass is 675 g/mol. The Hall–Kier alpha value is -7.10. The molecule has 0 bridgehead atoms. The van der Waals surface area contributed by atoms with Gasteiger partial charge in [-0.1, -0.05) is 164 Å². The molecule has 0 aliphatic heterocycles. The number of rotatable bonds is 6. The highest BCUT2D eigenvalue weighted by atomic mass is 15.1. The van der Waals surface area contributed by atoms with Crippen LogP contribution in [0.3, 0.4) is 0 Å². The number of fused-ring (bicyclic) bond motifs is 6. The summed E-state index contributed by atoms with van der Waals surface area (Å²) in [7, 11) is 0. The number of aromatic nitrogens is 2. The largest absolute Gasteiger partial charge is 0.310 e. The summed E-state index contributed by atoms with van der Waals surface area (Å²) in [6.07, 6.45) is 0. The molecular weight excluding hydrogens is 643 g/mol. The van der Waals surface area contributed by atoms with Crippen LogP contribution in [0.5, 0.6) is 0 Å². The number of hydrogen-bond donors (Lipinski definition) is 0. The van der Waals surface area contributed by atoms with E-state index in [1.54, 1.807) is 0 Å². The minimum Gasteiger partial charge on any atom is -0.310 e. The zero-order valence-electron chi connectivity index (χ0n) is 28.9. The lowest BCUT2D eigenvalue weighted by Gasteiger charge is -2.28. The molecule has 0 fully saturated rings. The third-order valence-corrected chi connectivity index (χ3v) is 10.2. The smallest absolute Gasteiger partial charge is 0.0979 e. The van der Waals surface area contributed by atoms with Gasteiger partial charge in [0.05, 0.1) is 28.1 Å². The molecule has 0 atom stereocenters. The zero-order chi connectivity index (χ0) is 35.1. The van der Waals surface area contributed by atoms with Crippen LogP contribution in [0.1, 0.15) is 0 Å². The average molecular weight is 676 g/mol. The van der Waals surface area contributed by atoms with Crippen molar-refractivity contribution in [1.82, 2.24) is 9.97 Å². The number of para-hydroxylation sites is 1. The van der Waals surface area contributed by atoms with Gasteiger partial charge >= 0.3 is 0 Å². The van der Waals surface area contributed by atoms with E-state index in [1.165, 1.54) is 16.3 Å². The zero-order valence-corrected chi connectivity index (χ0v) is 28.9. The van der Waals surface area contributed by atoms with Crippen molar-refractivity contribution in [2.75, 3.05) is 4.90 Å². The molecule has 0 amide bonds. The van der Waals surface area contributed by atoms with Crippen molar-refractivity contribution in [2.24, 2.45) is 0 Å². The first-order valence-electron chi connectivity index (χ1n) is 18.0. The Morgan fingerprint density at radius 1 is 0.358 bits per heavy atom. The molecule has 10 aromatic rings. The highest BCUT2D eigenvalue weighted by molar-refractivity contribution is 6.19. The Morgan fingerprint density at radius 3 is 1.62 bits per heavy atom. The second kappa shape index (κ2) is 12.9. The normalized spacial score (nSPS) is 11.4. The lowest BCUT2D eigenvalue weighted by Crippen LogP contribution is -2.11. The molecule has 0 saturated carbocycles. The molecule has 0 spiro atoms. The summed E-state index contributed by atoms with van der Waals surface area (Å²) in [5.74, 6) is 0. The fourth-order valence-electron chi connectivity index (χ4n) is 7.65. The third kappa shape index (κ3) is 5.47. The lowest BCUT2D eigenvalue weighted by molar-refractivity contribution is 1.29. The summed E-state index contributed by atoms with van der Waals surface area (Å²) >= 11 is 0. The van der Waals surface area contributed by atoms with Gasteiger partial charge in [-0.2, -0.15) is 0 Å². The molecule has 3 heteroatoms. The molecule has 3 nitrogen and oxygen atoms in total. The van der Waals surface area contributed by atoms with E-state index in [0.717, 1.165) is 77.7 Å². The molecule has 9 aromatic carbocycles. The molecule has 0 N–H and O–H groups in total. The topological polar surface area (TPSA) is 29.0 Å². The van der Waals surface area contributed by atoms with Crippen LogP contribution in [0, 0.1) is 0 Å². The summed E-state index contributed by atoms with van der Waals surface area (Å²) in [6.45, 7) is 0. The fraction of sp³-hybridized carbons (Fsp3) is 0. The van der Waals surface area contributed by atoms with Gasteiger partial charge in [0.2, 0.25) is 0 Å². The summed E-state index contributed by atoms with van der Waals surface area (Å²) in [5.41, 5.74) is 11.2.